The molecular formula is C9H10N2O2. The minimum atomic E-state index is -1.38. The first-order valence-electron chi connectivity index (χ1n) is 3.70. The van der Waals surface area contributed by atoms with E-state index in [2.05, 4.69) is 0 Å². The second-order valence-corrected chi connectivity index (χ2v) is 2.99. The van der Waals surface area contributed by atoms with E-state index in [9.17, 15) is 10.2 Å². The van der Waals surface area contributed by atoms with Crippen LogP contribution in [0.25, 0.3) is 0 Å². The van der Waals surface area contributed by atoms with Gasteiger partial charge in [-0.25, -0.2) is 0 Å². The molecular weight excluding hydrogens is 168 g/mol. The van der Waals surface area contributed by atoms with Crippen LogP contribution in [-0.4, -0.2) is 10.2 Å². The highest BCUT2D eigenvalue weighted by atomic mass is 16.3. The lowest BCUT2D eigenvalue weighted by Crippen LogP contribution is -2.30. The number of nitrogens with two attached hydrogens (primary N) is 1. The van der Waals surface area contributed by atoms with E-state index in [1.807, 2.05) is 0 Å². The third-order valence-electron chi connectivity index (χ3n) is 1.77. The highest BCUT2D eigenvalue weighted by molar-refractivity contribution is 5.49. The number of hydrogen-bond acceptors (Lipinski definition) is 4. The topological polar surface area (TPSA) is 90.3 Å². The molecule has 1 aromatic carbocycles. The fraction of sp³-hybridized carbons (Fsp3) is 0.222. The summed E-state index contributed by atoms with van der Waals surface area (Å²) in [4.78, 5) is 0. The zero-order valence-electron chi connectivity index (χ0n) is 7.15. The Kier molecular flexibility index (Phi) is 2.13. The lowest BCUT2D eigenvalue weighted by molar-refractivity contribution is 0.418. The SMILES string of the molecule is C[C@](N)(C#N)c1c(O)cccc1O. The van der Waals surface area contributed by atoms with Gasteiger partial charge < -0.3 is 15.9 Å². The van der Waals surface area contributed by atoms with E-state index in [-0.39, 0.29) is 17.1 Å². The van der Waals surface area contributed by atoms with E-state index in [1.165, 1.54) is 25.1 Å². The number of hydrogen-bond donors (Lipinski definition) is 3. The van der Waals surface area contributed by atoms with Crippen LogP contribution in [0.15, 0.2) is 18.2 Å². The van der Waals surface area contributed by atoms with Crippen molar-refractivity contribution >= 4 is 0 Å². The van der Waals surface area contributed by atoms with E-state index in [0.29, 0.717) is 0 Å². The van der Waals surface area contributed by atoms with Crippen LogP contribution in [0.4, 0.5) is 0 Å². The summed E-state index contributed by atoms with van der Waals surface area (Å²) in [5.74, 6) is -0.349. The highest BCUT2D eigenvalue weighted by Crippen LogP contribution is 2.34. The summed E-state index contributed by atoms with van der Waals surface area (Å²) in [5, 5.41) is 27.4. The fourth-order valence-electron chi connectivity index (χ4n) is 1.12. The molecule has 1 aromatic rings. The summed E-state index contributed by atoms with van der Waals surface area (Å²) in [7, 11) is 0. The number of nitriles is 1. The maximum atomic E-state index is 9.37. The molecule has 68 valence electrons. The summed E-state index contributed by atoms with van der Waals surface area (Å²) in [6, 6.07) is 6.02. The fourth-order valence-corrected chi connectivity index (χ4v) is 1.12. The number of aromatic hydroxyl groups is 2. The Balaban J connectivity index is 3.38. The highest BCUT2D eigenvalue weighted by Gasteiger charge is 2.27. The zero-order chi connectivity index (χ0) is 10.1. The Labute approximate surface area is 75.8 Å². The molecule has 0 aliphatic carbocycles. The molecule has 0 heterocycles. The Morgan fingerprint density at radius 3 is 2.23 bits per heavy atom. The molecule has 13 heavy (non-hydrogen) atoms. The van der Waals surface area contributed by atoms with Gasteiger partial charge in [0.1, 0.15) is 17.0 Å². The van der Waals surface area contributed by atoms with Crippen molar-refractivity contribution in [1.29, 1.82) is 5.26 Å². The summed E-state index contributed by atoms with van der Waals surface area (Å²) in [6.07, 6.45) is 0. The molecule has 0 saturated carbocycles. The van der Waals surface area contributed by atoms with Crippen molar-refractivity contribution in [3.8, 4) is 17.6 Å². The largest absolute Gasteiger partial charge is 0.507 e. The van der Waals surface area contributed by atoms with E-state index in [4.69, 9.17) is 11.0 Å². The first kappa shape index (κ1) is 9.36. The molecule has 0 aliphatic rings. The van der Waals surface area contributed by atoms with Crippen LogP contribution >= 0.6 is 0 Å². The molecule has 0 fully saturated rings. The van der Waals surface area contributed by atoms with Crippen molar-refractivity contribution in [2.75, 3.05) is 0 Å². The smallest absolute Gasteiger partial charge is 0.134 e. The number of nitrogens with zero attached hydrogens (tertiary/aromatic N) is 1. The predicted octanol–water partition coefficient (Wildman–Crippen LogP) is 0.795. The van der Waals surface area contributed by atoms with Crippen LogP contribution in [0.3, 0.4) is 0 Å². The van der Waals surface area contributed by atoms with E-state index < -0.39 is 5.54 Å². The van der Waals surface area contributed by atoms with Crippen LogP contribution in [0.1, 0.15) is 12.5 Å². The molecule has 0 unspecified atom stereocenters. The minimum absolute atomic E-state index is 0.0532. The summed E-state index contributed by atoms with van der Waals surface area (Å²) < 4.78 is 0. The van der Waals surface area contributed by atoms with E-state index in [0.717, 1.165) is 0 Å². The van der Waals surface area contributed by atoms with Crippen LogP contribution in [0, 0.1) is 11.3 Å². The van der Waals surface area contributed by atoms with Gasteiger partial charge in [-0.05, 0) is 19.1 Å². The number of phenols is 2. The number of rotatable bonds is 1. The van der Waals surface area contributed by atoms with Gasteiger partial charge in [0.15, 0.2) is 0 Å². The molecule has 0 amide bonds. The lowest BCUT2D eigenvalue weighted by Gasteiger charge is -2.18. The molecule has 0 aliphatic heterocycles. The minimum Gasteiger partial charge on any atom is -0.507 e. The van der Waals surface area contributed by atoms with Gasteiger partial charge in [-0.15, -0.1) is 0 Å². The third-order valence-corrected chi connectivity index (χ3v) is 1.77. The second kappa shape index (κ2) is 2.96. The van der Waals surface area contributed by atoms with Gasteiger partial charge in [0.05, 0.1) is 11.6 Å². The molecule has 4 N–H and O–H groups in total. The van der Waals surface area contributed by atoms with Crippen molar-refractivity contribution in [2.24, 2.45) is 5.73 Å². The van der Waals surface area contributed by atoms with Crippen molar-refractivity contribution in [3.05, 3.63) is 23.8 Å². The Hall–Kier alpha value is -1.73. The molecule has 4 nitrogen and oxygen atoms in total. The van der Waals surface area contributed by atoms with Gasteiger partial charge in [-0.2, -0.15) is 5.26 Å². The second-order valence-electron chi connectivity index (χ2n) is 2.99. The number of benzene rings is 1. The first-order chi connectivity index (χ1) is 5.99. The summed E-state index contributed by atoms with van der Waals surface area (Å²) in [6.45, 7) is 1.42. The average molecular weight is 178 g/mol. The molecule has 0 aromatic heterocycles. The van der Waals surface area contributed by atoms with Crippen molar-refractivity contribution in [2.45, 2.75) is 12.5 Å². The Morgan fingerprint density at radius 1 is 1.38 bits per heavy atom. The quantitative estimate of drug-likeness (QED) is 0.593. The maximum absolute atomic E-state index is 9.37. The van der Waals surface area contributed by atoms with Gasteiger partial charge >= 0.3 is 0 Å². The van der Waals surface area contributed by atoms with Crippen LogP contribution in [0.5, 0.6) is 11.5 Å². The van der Waals surface area contributed by atoms with Gasteiger partial charge in [0, 0.05) is 0 Å². The lowest BCUT2D eigenvalue weighted by atomic mass is 9.93. The predicted molar refractivity (Wildman–Crippen MR) is 46.9 cm³/mol. The summed E-state index contributed by atoms with van der Waals surface area (Å²) in [5.41, 5.74) is 4.23. The number of phenolic OH excluding ortho intramolecular Hbond substituents is 2. The monoisotopic (exact) mass is 178 g/mol. The molecule has 0 bridgehead atoms. The van der Waals surface area contributed by atoms with Crippen molar-refractivity contribution in [3.63, 3.8) is 0 Å². The molecule has 0 radical (unpaired) electrons. The van der Waals surface area contributed by atoms with Crippen LogP contribution in [0.2, 0.25) is 0 Å². The standard InChI is InChI=1S/C9H10N2O2/c1-9(11,5-10)8-6(12)3-2-4-7(8)13/h2-4,12-13H,11H2,1H3/t9-/m0/s1. The van der Waals surface area contributed by atoms with Crippen molar-refractivity contribution < 1.29 is 10.2 Å². The molecule has 4 heteroatoms. The first-order valence-corrected chi connectivity index (χ1v) is 3.70. The van der Waals surface area contributed by atoms with Gasteiger partial charge in [0.25, 0.3) is 0 Å². The van der Waals surface area contributed by atoms with Crippen LogP contribution in [-0.2, 0) is 5.54 Å². The molecule has 1 rings (SSSR count). The van der Waals surface area contributed by atoms with Crippen molar-refractivity contribution in [1.82, 2.24) is 0 Å². The maximum Gasteiger partial charge on any atom is 0.134 e. The summed E-state index contributed by atoms with van der Waals surface area (Å²) >= 11 is 0. The Bertz CT molecular complexity index is 346. The van der Waals surface area contributed by atoms with Gasteiger partial charge in [-0.1, -0.05) is 6.07 Å². The molecule has 1 atom stereocenters. The van der Waals surface area contributed by atoms with Gasteiger partial charge in [0.2, 0.25) is 0 Å². The van der Waals surface area contributed by atoms with Gasteiger partial charge in [-0.3, -0.25) is 0 Å². The average Bonchev–Trinajstić information content (AvgIpc) is 2.03. The van der Waals surface area contributed by atoms with Crippen LogP contribution < -0.4 is 5.73 Å². The normalized spacial score (nSPS) is 14.5. The third kappa shape index (κ3) is 1.55. The molecule has 0 spiro atoms. The van der Waals surface area contributed by atoms with E-state index >= 15 is 0 Å². The Morgan fingerprint density at radius 2 is 1.85 bits per heavy atom. The zero-order valence-corrected chi connectivity index (χ0v) is 7.15. The van der Waals surface area contributed by atoms with E-state index in [1.54, 1.807) is 6.07 Å². The molecule has 0 saturated heterocycles.